The summed E-state index contributed by atoms with van der Waals surface area (Å²) in [7, 11) is 0. The van der Waals surface area contributed by atoms with Crippen molar-refractivity contribution in [3.05, 3.63) is 69.8 Å². The molecule has 4 aromatic rings. The Morgan fingerprint density at radius 3 is 2.59 bits per heavy atom. The third-order valence-corrected chi connectivity index (χ3v) is 4.58. The second kappa shape index (κ2) is 7.84. The van der Waals surface area contributed by atoms with Crippen molar-refractivity contribution in [1.82, 2.24) is 15.0 Å². The summed E-state index contributed by atoms with van der Waals surface area (Å²) in [6, 6.07) is 7.92. The van der Waals surface area contributed by atoms with Gasteiger partial charge in [-0.05, 0) is 50.2 Å². The number of carbonyl (C=O) groups is 1. The second-order valence-electron chi connectivity index (χ2n) is 7.05. The number of hydrogen-bond acceptors (Lipinski definition) is 7. The van der Waals surface area contributed by atoms with Crippen molar-refractivity contribution in [2.45, 2.75) is 20.0 Å². The Morgan fingerprint density at radius 2 is 1.88 bits per heavy atom. The Hall–Kier alpha value is -4.15. The van der Waals surface area contributed by atoms with Crippen LogP contribution < -0.4 is 16.4 Å². The summed E-state index contributed by atoms with van der Waals surface area (Å²) in [6.45, 7) is 2.94. The molecule has 2 heterocycles. The summed E-state index contributed by atoms with van der Waals surface area (Å²) >= 11 is 0. The first-order chi connectivity index (χ1) is 15.1. The zero-order valence-corrected chi connectivity index (χ0v) is 16.8. The van der Waals surface area contributed by atoms with Crippen LogP contribution in [0.4, 0.5) is 36.3 Å². The van der Waals surface area contributed by atoms with E-state index in [1.807, 2.05) is 0 Å². The maximum atomic E-state index is 13.2. The van der Waals surface area contributed by atoms with E-state index >= 15 is 0 Å². The number of alkyl halides is 3. The quantitative estimate of drug-likeness (QED) is 0.375. The lowest BCUT2D eigenvalue weighted by molar-refractivity contribution is -0.137. The van der Waals surface area contributed by atoms with Gasteiger partial charge in [-0.15, -0.1) is 0 Å². The highest BCUT2D eigenvalue weighted by molar-refractivity contribution is 5.95. The number of nitrogens with one attached hydrogen (secondary N) is 3. The Kier molecular flexibility index (Phi) is 5.17. The maximum Gasteiger partial charge on any atom is 0.417 e. The van der Waals surface area contributed by atoms with Crippen LogP contribution in [0.2, 0.25) is 0 Å². The van der Waals surface area contributed by atoms with Gasteiger partial charge in [0.25, 0.3) is 0 Å². The number of benzene rings is 2. The second-order valence-corrected chi connectivity index (χ2v) is 7.05. The number of aromatic amines is 1. The molecule has 4 rings (SSSR count). The van der Waals surface area contributed by atoms with Gasteiger partial charge in [0, 0.05) is 28.7 Å². The van der Waals surface area contributed by atoms with Crippen LogP contribution in [-0.2, 0) is 6.18 Å². The van der Waals surface area contributed by atoms with E-state index in [0.717, 1.165) is 12.1 Å². The van der Waals surface area contributed by atoms with Gasteiger partial charge in [-0.1, -0.05) is 0 Å². The monoisotopic (exact) mass is 443 g/mol. The van der Waals surface area contributed by atoms with E-state index in [-0.39, 0.29) is 17.2 Å². The topological polar surface area (TPSA) is 113 Å². The van der Waals surface area contributed by atoms with E-state index in [4.69, 9.17) is 4.42 Å². The van der Waals surface area contributed by atoms with E-state index < -0.39 is 23.3 Å². The zero-order chi connectivity index (χ0) is 23.0. The van der Waals surface area contributed by atoms with E-state index in [0.29, 0.717) is 28.2 Å². The standard InChI is InChI=1S/C21H16F3N5O3/c1-10-9-25-19(27-15-6-12(11(2)30)5-13(7-15)21(22,23)24)29-18(10)26-14-3-4-17-16(8-14)28-20(31)32-17/h3-9H,1-2H3,(H,28,31)(H2,25,26,27,29). The van der Waals surface area contributed by atoms with Crippen LogP contribution in [0.15, 0.2) is 51.8 Å². The van der Waals surface area contributed by atoms with Crippen molar-refractivity contribution in [2.75, 3.05) is 10.6 Å². The van der Waals surface area contributed by atoms with Gasteiger partial charge in [0.1, 0.15) is 5.82 Å². The van der Waals surface area contributed by atoms with Crippen molar-refractivity contribution >= 4 is 40.0 Å². The highest BCUT2D eigenvalue weighted by Gasteiger charge is 2.31. The molecule has 8 nitrogen and oxygen atoms in total. The Morgan fingerprint density at radius 1 is 1.09 bits per heavy atom. The van der Waals surface area contributed by atoms with Crippen LogP contribution in [0.5, 0.6) is 0 Å². The molecule has 0 unspecified atom stereocenters. The van der Waals surface area contributed by atoms with Crippen LogP contribution in [-0.4, -0.2) is 20.7 Å². The normalized spacial score (nSPS) is 11.5. The molecule has 0 atom stereocenters. The van der Waals surface area contributed by atoms with E-state index in [9.17, 15) is 22.8 Å². The van der Waals surface area contributed by atoms with Crippen LogP contribution in [0.3, 0.4) is 0 Å². The number of aromatic nitrogens is 3. The molecule has 11 heteroatoms. The van der Waals surface area contributed by atoms with Crippen molar-refractivity contribution in [1.29, 1.82) is 0 Å². The average molecular weight is 443 g/mol. The van der Waals surface area contributed by atoms with Gasteiger partial charge >= 0.3 is 11.9 Å². The Balaban J connectivity index is 1.64. The molecule has 0 fully saturated rings. The number of halogens is 3. The number of aryl methyl sites for hydroxylation is 1. The fraction of sp³-hybridized carbons (Fsp3) is 0.143. The molecule has 32 heavy (non-hydrogen) atoms. The molecule has 0 spiro atoms. The lowest BCUT2D eigenvalue weighted by atomic mass is 10.1. The number of carbonyl (C=O) groups excluding carboxylic acids is 1. The first kappa shape index (κ1) is 21.1. The smallest absolute Gasteiger partial charge is 0.408 e. The predicted octanol–water partition coefficient (Wildman–Crippen LogP) is 4.93. The first-order valence-electron chi connectivity index (χ1n) is 9.32. The minimum atomic E-state index is -4.62. The molecular weight excluding hydrogens is 427 g/mol. The third-order valence-electron chi connectivity index (χ3n) is 4.58. The number of ketones is 1. The predicted molar refractivity (Wildman–Crippen MR) is 112 cm³/mol. The first-order valence-corrected chi connectivity index (χ1v) is 9.32. The molecular formula is C21H16F3N5O3. The minimum Gasteiger partial charge on any atom is -0.408 e. The van der Waals surface area contributed by atoms with Gasteiger partial charge in [0.15, 0.2) is 11.4 Å². The fourth-order valence-electron chi connectivity index (χ4n) is 2.99. The minimum absolute atomic E-state index is 0.0252. The van der Waals surface area contributed by atoms with Crippen LogP contribution in [0.25, 0.3) is 11.1 Å². The molecule has 0 amide bonds. The summed E-state index contributed by atoms with van der Waals surface area (Å²) in [6.07, 6.45) is -3.12. The van der Waals surface area contributed by atoms with E-state index in [2.05, 4.69) is 25.6 Å². The SMILES string of the molecule is CC(=O)c1cc(Nc2ncc(C)c(Nc3ccc4oc(=O)[nH]c4c3)n2)cc(C(F)(F)F)c1. The number of Topliss-reactive ketones (excluding diaryl/α,β-unsaturated/α-hetero) is 1. The van der Waals surface area contributed by atoms with Gasteiger partial charge in [-0.25, -0.2) is 9.78 Å². The lowest BCUT2D eigenvalue weighted by Crippen LogP contribution is -2.09. The Bertz CT molecular complexity index is 1390. The van der Waals surface area contributed by atoms with Crippen molar-refractivity contribution in [2.24, 2.45) is 0 Å². The van der Waals surface area contributed by atoms with Crippen LogP contribution in [0, 0.1) is 6.92 Å². The molecule has 2 aromatic carbocycles. The molecule has 0 bridgehead atoms. The molecule has 164 valence electrons. The summed E-state index contributed by atoms with van der Waals surface area (Å²) in [5, 5.41) is 5.80. The van der Waals surface area contributed by atoms with Gasteiger partial charge in [0.05, 0.1) is 11.1 Å². The molecule has 0 saturated heterocycles. The van der Waals surface area contributed by atoms with Gasteiger partial charge in [-0.2, -0.15) is 18.2 Å². The number of anilines is 4. The van der Waals surface area contributed by atoms with Crippen molar-refractivity contribution in [3.8, 4) is 0 Å². The summed E-state index contributed by atoms with van der Waals surface area (Å²) in [5.74, 6) is -0.650. The summed E-state index contributed by atoms with van der Waals surface area (Å²) in [4.78, 5) is 34.0. The largest absolute Gasteiger partial charge is 0.417 e. The Labute approximate surface area is 178 Å². The van der Waals surface area contributed by atoms with Crippen molar-refractivity contribution < 1.29 is 22.4 Å². The van der Waals surface area contributed by atoms with E-state index in [1.54, 1.807) is 25.1 Å². The number of nitrogens with zero attached hydrogens (tertiary/aromatic N) is 2. The number of fused-ring (bicyclic) bond motifs is 1. The molecule has 0 radical (unpaired) electrons. The van der Waals surface area contributed by atoms with Gasteiger partial charge in [0.2, 0.25) is 5.95 Å². The zero-order valence-electron chi connectivity index (χ0n) is 16.8. The van der Waals surface area contributed by atoms with Gasteiger partial charge in [-0.3, -0.25) is 9.78 Å². The summed E-state index contributed by atoms with van der Waals surface area (Å²) < 4.78 is 44.6. The number of rotatable bonds is 5. The lowest BCUT2D eigenvalue weighted by Gasteiger charge is -2.13. The average Bonchev–Trinajstić information content (AvgIpc) is 3.09. The molecule has 0 aliphatic carbocycles. The van der Waals surface area contributed by atoms with E-state index in [1.165, 1.54) is 19.2 Å². The van der Waals surface area contributed by atoms with Crippen molar-refractivity contribution in [3.63, 3.8) is 0 Å². The number of H-pyrrole nitrogens is 1. The van der Waals surface area contributed by atoms with Gasteiger partial charge < -0.3 is 15.1 Å². The fourth-order valence-corrected chi connectivity index (χ4v) is 2.99. The summed E-state index contributed by atoms with van der Waals surface area (Å²) in [5.41, 5.74) is 1.14. The highest BCUT2D eigenvalue weighted by atomic mass is 19.4. The van der Waals surface area contributed by atoms with Crippen LogP contribution in [0.1, 0.15) is 28.4 Å². The molecule has 0 aliphatic rings. The van der Waals surface area contributed by atoms with Crippen LogP contribution >= 0.6 is 0 Å². The number of oxazole rings is 1. The molecule has 2 aromatic heterocycles. The number of hydrogen-bond donors (Lipinski definition) is 3. The molecule has 0 aliphatic heterocycles. The highest BCUT2D eigenvalue weighted by Crippen LogP contribution is 2.33. The third kappa shape index (κ3) is 4.46. The maximum absolute atomic E-state index is 13.2. The molecule has 0 saturated carbocycles. The molecule has 3 N–H and O–H groups in total.